The van der Waals surface area contributed by atoms with Gasteiger partial charge in [-0.25, -0.2) is 9.59 Å². The van der Waals surface area contributed by atoms with E-state index in [-0.39, 0.29) is 30.4 Å². The highest BCUT2D eigenvalue weighted by molar-refractivity contribution is 5.86. The molecular weight excluding hydrogens is 420 g/mol. The van der Waals surface area contributed by atoms with Crippen molar-refractivity contribution < 1.29 is 24.2 Å². The molecule has 2 aliphatic rings. The molecule has 7 nitrogen and oxygen atoms in total. The fourth-order valence-electron chi connectivity index (χ4n) is 5.01. The number of hydrogen-bond acceptors (Lipinski definition) is 4. The Kier molecular flexibility index (Phi) is 6.67. The summed E-state index contributed by atoms with van der Waals surface area (Å²) in [6, 6.07) is 14.9. The highest BCUT2D eigenvalue weighted by Gasteiger charge is 2.37. The molecule has 2 amide bonds. The fourth-order valence-corrected chi connectivity index (χ4v) is 5.01. The Morgan fingerprint density at radius 3 is 2.18 bits per heavy atom. The van der Waals surface area contributed by atoms with Crippen LogP contribution in [0.3, 0.4) is 0 Å². The number of alkyl carbamates (subject to hydrolysis) is 1. The summed E-state index contributed by atoms with van der Waals surface area (Å²) < 4.78 is 5.61. The number of carboxylic acids is 1. The van der Waals surface area contributed by atoms with Gasteiger partial charge in [-0.1, -0.05) is 68.8 Å². The number of carbonyl (C=O) groups excluding carboxylic acids is 2. The van der Waals surface area contributed by atoms with Gasteiger partial charge in [0.15, 0.2) is 0 Å². The topological polar surface area (TPSA) is 105 Å². The van der Waals surface area contributed by atoms with Crippen LogP contribution in [0.1, 0.15) is 50.2 Å². The molecule has 1 fully saturated rings. The van der Waals surface area contributed by atoms with E-state index in [1.807, 2.05) is 24.3 Å². The summed E-state index contributed by atoms with van der Waals surface area (Å²) in [6.45, 7) is 3.71. The van der Waals surface area contributed by atoms with Gasteiger partial charge >= 0.3 is 12.1 Å². The SMILES string of the molecule is CC(C)C(NC(=O)[C@@H]1CCC[C@@H]1NC(=O)OCC1c2ccccc2-c2ccccc21)C(=O)O. The molecule has 0 radical (unpaired) electrons. The van der Waals surface area contributed by atoms with E-state index in [4.69, 9.17) is 4.74 Å². The number of fused-ring (bicyclic) bond motifs is 3. The van der Waals surface area contributed by atoms with Crippen molar-refractivity contribution in [3.05, 3.63) is 59.7 Å². The summed E-state index contributed by atoms with van der Waals surface area (Å²) in [4.78, 5) is 36.8. The molecule has 0 bridgehead atoms. The van der Waals surface area contributed by atoms with Crippen LogP contribution in [-0.2, 0) is 14.3 Å². The van der Waals surface area contributed by atoms with Crippen LogP contribution in [0.4, 0.5) is 4.79 Å². The lowest BCUT2D eigenvalue weighted by Crippen LogP contribution is -2.50. The van der Waals surface area contributed by atoms with E-state index in [0.717, 1.165) is 28.7 Å². The van der Waals surface area contributed by atoms with E-state index in [0.29, 0.717) is 12.8 Å². The van der Waals surface area contributed by atoms with Gasteiger partial charge < -0.3 is 20.5 Å². The Bertz CT molecular complexity index is 1000. The zero-order valence-electron chi connectivity index (χ0n) is 18.9. The average Bonchev–Trinajstić information content (AvgIpc) is 3.38. The molecule has 1 saturated carbocycles. The van der Waals surface area contributed by atoms with E-state index in [2.05, 4.69) is 34.9 Å². The smallest absolute Gasteiger partial charge is 0.407 e. The van der Waals surface area contributed by atoms with Crippen molar-refractivity contribution in [2.75, 3.05) is 6.61 Å². The highest BCUT2D eigenvalue weighted by atomic mass is 16.5. The maximum absolute atomic E-state index is 12.7. The number of ether oxygens (including phenoxy) is 1. The number of benzene rings is 2. The van der Waals surface area contributed by atoms with Crippen molar-refractivity contribution >= 4 is 18.0 Å². The molecule has 4 rings (SSSR count). The standard InChI is InChI=1S/C26H30N2O5/c1-15(2)23(25(30)31)28-24(29)20-12-7-13-22(20)27-26(32)33-14-21-18-10-5-3-8-16(18)17-9-4-6-11-19(17)21/h3-6,8-11,15,20-23H,7,12-14H2,1-2H3,(H,27,32)(H,28,29)(H,30,31)/t20-,22+,23?/m1/s1. The molecule has 0 saturated heterocycles. The van der Waals surface area contributed by atoms with Gasteiger partial charge in [-0.3, -0.25) is 4.79 Å². The largest absolute Gasteiger partial charge is 0.480 e. The normalized spacial score (nSPS) is 20.1. The van der Waals surface area contributed by atoms with Gasteiger partial charge in [0.1, 0.15) is 12.6 Å². The van der Waals surface area contributed by atoms with E-state index >= 15 is 0 Å². The summed E-state index contributed by atoms with van der Waals surface area (Å²) in [5.74, 6) is -2.13. The number of nitrogens with one attached hydrogen (secondary N) is 2. The summed E-state index contributed by atoms with van der Waals surface area (Å²) in [5, 5.41) is 14.8. The van der Waals surface area contributed by atoms with Crippen LogP contribution in [0.5, 0.6) is 0 Å². The van der Waals surface area contributed by atoms with Gasteiger partial charge in [-0.15, -0.1) is 0 Å². The summed E-state index contributed by atoms with van der Waals surface area (Å²) in [6.07, 6.45) is 1.48. The molecule has 0 aliphatic heterocycles. The summed E-state index contributed by atoms with van der Waals surface area (Å²) >= 11 is 0. The molecule has 2 aromatic carbocycles. The Morgan fingerprint density at radius 2 is 1.61 bits per heavy atom. The average molecular weight is 451 g/mol. The second-order valence-corrected chi connectivity index (χ2v) is 9.18. The van der Waals surface area contributed by atoms with Gasteiger partial charge in [0.2, 0.25) is 5.91 Å². The fraction of sp³-hybridized carbons (Fsp3) is 0.423. The Hall–Kier alpha value is -3.35. The number of carboxylic acid groups (broad SMARTS) is 1. The highest BCUT2D eigenvalue weighted by Crippen LogP contribution is 2.44. The van der Waals surface area contributed by atoms with Gasteiger partial charge in [0, 0.05) is 12.0 Å². The molecule has 2 aromatic rings. The van der Waals surface area contributed by atoms with Crippen LogP contribution < -0.4 is 10.6 Å². The maximum atomic E-state index is 12.7. The number of rotatable bonds is 7. The Labute approximate surface area is 193 Å². The van der Waals surface area contributed by atoms with Gasteiger partial charge in [0.05, 0.1) is 5.92 Å². The quantitative estimate of drug-likeness (QED) is 0.593. The summed E-state index contributed by atoms with van der Waals surface area (Å²) in [5.41, 5.74) is 4.59. The minimum absolute atomic E-state index is 0.0341. The van der Waals surface area contributed by atoms with Crippen molar-refractivity contribution in [2.24, 2.45) is 11.8 Å². The lowest BCUT2D eigenvalue weighted by molar-refractivity contribution is -0.143. The molecular formula is C26H30N2O5. The Balaban J connectivity index is 1.37. The maximum Gasteiger partial charge on any atom is 0.407 e. The predicted molar refractivity (Wildman–Crippen MR) is 124 cm³/mol. The first-order valence-electron chi connectivity index (χ1n) is 11.5. The Morgan fingerprint density at radius 1 is 1.00 bits per heavy atom. The molecule has 0 spiro atoms. The summed E-state index contributed by atoms with van der Waals surface area (Å²) in [7, 11) is 0. The number of carbonyl (C=O) groups is 3. The van der Waals surface area contributed by atoms with Gasteiger partial charge in [-0.2, -0.15) is 0 Å². The van der Waals surface area contributed by atoms with Crippen LogP contribution in [0.2, 0.25) is 0 Å². The third-order valence-corrected chi connectivity index (χ3v) is 6.73. The molecule has 7 heteroatoms. The van der Waals surface area contributed by atoms with Crippen LogP contribution in [0, 0.1) is 11.8 Å². The van der Waals surface area contributed by atoms with Gasteiger partial charge in [-0.05, 0) is 41.0 Å². The van der Waals surface area contributed by atoms with Crippen LogP contribution in [-0.4, -0.2) is 41.8 Å². The van der Waals surface area contributed by atoms with Crippen molar-refractivity contribution in [1.29, 1.82) is 0 Å². The molecule has 3 atom stereocenters. The lowest BCUT2D eigenvalue weighted by atomic mass is 9.98. The first kappa shape index (κ1) is 22.8. The molecule has 174 valence electrons. The van der Waals surface area contributed by atoms with Crippen LogP contribution in [0.25, 0.3) is 11.1 Å². The molecule has 0 heterocycles. The van der Waals surface area contributed by atoms with Gasteiger partial charge in [0.25, 0.3) is 0 Å². The first-order chi connectivity index (χ1) is 15.9. The first-order valence-corrected chi connectivity index (χ1v) is 11.5. The molecule has 0 aromatic heterocycles. The van der Waals surface area contributed by atoms with Crippen molar-refractivity contribution in [3.63, 3.8) is 0 Å². The van der Waals surface area contributed by atoms with E-state index in [1.54, 1.807) is 13.8 Å². The molecule has 2 aliphatic carbocycles. The monoisotopic (exact) mass is 450 g/mol. The molecule has 3 N–H and O–H groups in total. The van der Waals surface area contributed by atoms with E-state index in [9.17, 15) is 19.5 Å². The minimum atomic E-state index is -1.06. The van der Waals surface area contributed by atoms with E-state index in [1.165, 1.54) is 0 Å². The second-order valence-electron chi connectivity index (χ2n) is 9.18. The van der Waals surface area contributed by atoms with Crippen molar-refractivity contribution in [3.8, 4) is 11.1 Å². The zero-order chi connectivity index (χ0) is 23.5. The molecule has 33 heavy (non-hydrogen) atoms. The third-order valence-electron chi connectivity index (χ3n) is 6.73. The van der Waals surface area contributed by atoms with E-state index < -0.39 is 24.0 Å². The number of amides is 2. The minimum Gasteiger partial charge on any atom is -0.480 e. The second kappa shape index (κ2) is 9.65. The number of aliphatic carboxylic acids is 1. The zero-order valence-corrected chi connectivity index (χ0v) is 18.9. The third kappa shape index (κ3) is 4.72. The van der Waals surface area contributed by atoms with Crippen molar-refractivity contribution in [1.82, 2.24) is 10.6 Å². The van der Waals surface area contributed by atoms with Crippen molar-refractivity contribution in [2.45, 2.75) is 51.1 Å². The van der Waals surface area contributed by atoms with Crippen LogP contribution >= 0.6 is 0 Å². The van der Waals surface area contributed by atoms with Crippen LogP contribution in [0.15, 0.2) is 48.5 Å². The lowest BCUT2D eigenvalue weighted by Gasteiger charge is -2.24. The predicted octanol–water partition coefficient (Wildman–Crippen LogP) is 3.92. The number of hydrogen-bond donors (Lipinski definition) is 3. The molecule has 1 unspecified atom stereocenters.